The molecule has 3 rings (SSSR count). The molecule has 6 heteroatoms. The van der Waals surface area contributed by atoms with Crippen LogP contribution in [0, 0.1) is 0 Å². The van der Waals surface area contributed by atoms with Gasteiger partial charge in [-0.2, -0.15) is 0 Å². The lowest BCUT2D eigenvalue weighted by atomic mass is 10.1. The lowest BCUT2D eigenvalue weighted by Gasteiger charge is -2.12. The molecular formula is C21H23N3O3. The first-order chi connectivity index (χ1) is 13.1. The van der Waals surface area contributed by atoms with Crippen molar-refractivity contribution in [1.29, 1.82) is 0 Å². The Kier molecular flexibility index (Phi) is 5.88. The van der Waals surface area contributed by atoms with Gasteiger partial charge in [0.1, 0.15) is 18.1 Å². The number of aromatic nitrogens is 1. The molecule has 1 amide bonds. The quantitative estimate of drug-likeness (QED) is 0.695. The van der Waals surface area contributed by atoms with Gasteiger partial charge in [-0.15, -0.1) is 0 Å². The monoisotopic (exact) mass is 365 g/mol. The van der Waals surface area contributed by atoms with Crippen molar-refractivity contribution in [3.63, 3.8) is 0 Å². The van der Waals surface area contributed by atoms with Crippen molar-refractivity contribution in [2.45, 2.75) is 0 Å². The van der Waals surface area contributed by atoms with Gasteiger partial charge in [-0.3, -0.25) is 9.78 Å². The highest BCUT2D eigenvalue weighted by atomic mass is 16.5. The Morgan fingerprint density at radius 1 is 1.07 bits per heavy atom. The Hall–Kier alpha value is -3.12. The van der Waals surface area contributed by atoms with Crippen LogP contribution >= 0.6 is 0 Å². The number of hydrogen-bond donors (Lipinski definition) is 1. The molecule has 1 heterocycles. The minimum Gasteiger partial charge on any atom is -0.496 e. The SMILES string of the molecule is COc1ccc(NC(=O)c2ccc(OCCN(C)C)cc2)c2ccncc12. The van der Waals surface area contributed by atoms with E-state index in [1.165, 1.54) is 0 Å². The number of carbonyl (C=O) groups is 1. The number of nitrogens with one attached hydrogen (secondary N) is 1. The molecule has 0 spiro atoms. The second-order valence-corrected chi connectivity index (χ2v) is 6.37. The molecule has 0 aliphatic heterocycles. The van der Waals surface area contributed by atoms with Gasteiger partial charge in [0.15, 0.2) is 0 Å². The number of methoxy groups -OCH3 is 1. The van der Waals surface area contributed by atoms with Gasteiger partial charge in [0.25, 0.3) is 5.91 Å². The second kappa shape index (κ2) is 8.51. The van der Waals surface area contributed by atoms with Gasteiger partial charge >= 0.3 is 0 Å². The summed E-state index contributed by atoms with van der Waals surface area (Å²) in [5.41, 5.74) is 1.28. The van der Waals surface area contributed by atoms with Crippen LogP contribution < -0.4 is 14.8 Å². The number of rotatable bonds is 7. The van der Waals surface area contributed by atoms with Crippen LogP contribution in [0.15, 0.2) is 54.9 Å². The smallest absolute Gasteiger partial charge is 0.255 e. The lowest BCUT2D eigenvalue weighted by molar-refractivity contribution is 0.102. The number of amides is 1. The highest BCUT2D eigenvalue weighted by Crippen LogP contribution is 2.31. The summed E-state index contributed by atoms with van der Waals surface area (Å²) in [5.74, 6) is 1.28. The van der Waals surface area contributed by atoms with Crippen molar-refractivity contribution in [3.05, 3.63) is 60.4 Å². The predicted molar refractivity (Wildman–Crippen MR) is 107 cm³/mol. The third-order valence-electron chi connectivity index (χ3n) is 4.17. The molecule has 140 valence electrons. The van der Waals surface area contributed by atoms with Gasteiger partial charge in [0, 0.05) is 41.0 Å². The minimum absolute atomic E-state index is 0.182. The molecular weight excluding hydrogens is 342 g/mol. The topological polar surface area (TPSA) is 63.7 Å². The number of anilines is 1. The highest BCUT2D eigenvalue weighted by Gasteiger charge is 2.11. The number of ether oxygens (including phenoxy) is 2. The summed E-state index contributed by atoms with van der Waals surface area (Å²) < 4.78 is 11.0. The van der Waals surface area contributed by atoms with E-state index < -0.39 is 0 Å². The molecule has 0 atom stereocenters. The Labute approximate surface area is 158 Å². The Morgan fingerprint density at radius 2 is 1.85 bits per heavy atom. The molecule has 1 aromatic heterocycles. The molecule has 1 N–H and O–H groups in total. The maximum Gasteiger partial charge on any atom is 0.255 e. The molecule has 0 radical (unpaired) electrons. The fraction of sp³-hybridized carbons (Fsp3) is 0.238. The van der Waals surface area contributed by atoms with E-state index in [1.807, 2.05) is 32.3 Å². The summed E-state index contributed by atoms with van der Waals surface area (Å²) in [6, 6.07) is 12.6. The van der Waals surface area contributed by atoms with Crippen LogP contribution in [0.1, 0.15) is 10.4 Å². The number of fused-ring (bicyclic) bond motifs is 1. The first-order valence-electron chi connectivity index (χ1n) is 8.68. The van der Waals surface area contributed by atoms with E-state index in [2.05, 4.69) is 15.2 Å². The zero-order valence-corrected chi connectivity index (χ0v) is 15.7. The number of likely N-dealkylation sites (N-methyl/N-ethyl adjacent to an activating group) is 1. The van der Waals surface area contributed by atoms with E-state index in [0.717, 1.165) is 28.8 Å². The molecule has 0 aliphatic carbocycles. The molecule has 6 nitrogen and oxygen atoms in total. The average Bonchev–Trinajstić information content (AvgIpc) is 2.68. The maximum atomic E-state index is 12.6. The fourth-order valence-corrected chi connectivity index (χ4v) is 2.69. The summed E-state index contributed by atoms with van der Waals surface area (Å²) in [5, 5.41) is 4.69. The van der Waals surface area contributed by atoms with Crippen molar-refractivity contribution < 1.29 is 14.3 Å². The number of pyridine rings is 1. The minimum atomic E-state index is -0.182. The van der Waals surface area contributed by atoms with Crippen molar-refractivity contribution in [1.82, 2.24) is 9.88 Å². The largest absolute Gasteiger partial charge is 0.496 e. The standard InChI is InChI=1S/C21H23N3O3/c1-24(2)12-13-27-16-6-4-15(5-7-16)21(25)23-19-8-9-20(26-3)18-14-22-11-10-17(18)19/h4-11,14H,12-13H2,1-3H3,(H,23,25). The van der Waals surface area contributed by atoms with Crippen LogP contribution in [-0.2, 0) is 0 Å². The molecule has 27 heavy (non-hydrogen) atoms. The lowest BCUT2D eigenvalue weighted by Crippen LogP contribution is -2.19. The third kappa shape index (κ3) is 4.54. The summed E-state index contributed by atoms with van der Waals surface area (Å²) in [6.45, 7) is 1.44. The van der Waals surface area contributed by atoms with Gasteiger partial charge in [-0.1, -0.05) is 0 Å². The van der Waals surface area contributed by atoms with Gasteiger partial charge < -0.3 is 19.7 Å². The van der Waals surface area contributed by atoms with Gasteiger partial charge in [-0.25, -0.2) is 0 Å². The summed E-state index contributed by atoms with van der Waals surface area (Å²) in [6.07, 6.45) is 3.42. The van der Waals surface area contributed by atoms with Crippen LogP contribution in [-0.4, -0.2) is 50.1 Å². The molecule has 2 aromatic carbocycles. The molecule has 0 fully saturated rings. The Bertz CT molecular complexity index is 924. The van der Waals surface area contributed by atoms with Crippen LogP contribution in [0.5, 0.6) is 11.5 Å². The van der Waals surface area contributed by atoms with E-state index in [0.29, 0.717) is 17.9 Å². The zero-order chi connectivity index (χ0) is 19.2. The molecule has 0 aliphatic rings. The number of hydrogen-bond acceptors (Lipinski definition) is 5. The summed E-state index contributed by atoms with van der Waals surface area (Å²) in [7, 11) is 5.60. The highest BCUT2D eigenvalue weighted by molar-refractivity contribution is 6.09. The van der Waals surface area contributed by atoms with Crippen molar-refractivity contribution in [2.75, 3.05) is 39.7 Å². The first-order valence-corrected chi connectivity index (χ1v) is 8.68. The van der Waals surface area contributed by atoms with E-state index in [4.69, 9.17) is 9.47 Å². The Balaban J connectivity index is 1.73. The van der Waals surface area contributed by atoms with Crippen molar-refractivity contribution >= 4 is 22.4 Å². The van der Waals surface area contributed by atoms with Crippen LogP contribution in [0.3, 0.4) is 0 Å². The van der Waals surface area contributed by atoms with Crippen molar-refractivity contribution in [3.8, 4) is 11.5 Å². The van der Waals surface area contributed by atoms with Crippen LogP contribution in [0.2, 0.25) is 0 Å². The molecule has 0 saturated heterocycles. The fourth-order valence-electron chi connectivity index (χ4n) is 2.69. The number of carbonyl (C=O) groups excluding carboxylic acids is 1. The molecule has 0 saturated carbocycles. The van der Waals surface area contributed by atoms with E-state index in [9.17, 15) is 4.79 Å². The second-order valence-electron chi connectivity index (χ2n) is 6.37. The maximum absolute atomic E-state index is 12.6. The molecule has 3 aromatic rings. The molecule has 0 unspecified atom stereocenters. The number of nitrogens with zero attached hydrogens (tertiary/aromatic N) is 2. The Morgan fingerprint density at radius 3 is 2.56 bits per heavy atom. The summed E-state index contributed by atoms with van der Waals surface area (Å²) >= 11 is 0. The van der Waals surface area contributed by atoms with Gasteiger partial charge in [-0.05, 0) is 56.6 Å². The number of benzene rings is 2. The van der Waals surface area contributed by atoms with E-state index in [1.54, 1.807) is 43.8 Å². The van der Waals surface area contributed by atoms with Crippen LogP contribution in [0.25, 0.3) is 10.8 Å². The van der Waals surface area contributed by atoms with Crippen LogP contribution in [0.4, 0.5) is 5.69 Å². The van der Waals surface area contributed by atoms with Gasteiger partial charge in [0.05, 0.1) is 7.11 Å². The van der Waals surface area contributed by atoms with Gasteiger partial charge in [0.2, 0.25) is 0 Å². The predicted octanol–water partition coefficient (Wildman–Crippen LogP) is 3.44. The normalized spacial score (nSPS) is 10.8. The third-order valence-corrected chi connectivity index (χ3v) is 4.17. The summed E-state index contributed by atoms with van der Waals surface area (Å²) in [4.78, 5) is 18.8. The first kappa shape index (κ1) is 18.7. The zero-order valence-electron chi connectivity index (χ0n) is 15.7. The van der Waals surface area contributed by atoms with E-state index in [-0.39, 0.29) is 5.91 Å². The molecule has 0 bridgehead atoms. The average molecular weight is 365 g/mol. The van der Waals surface area contributed by atoms with E-state index >= 15 is 0 Å². The van der Waals surface area contributed by atoms with Crippen molar-refractivity contribution in [2.24, 2.45) is 0 Å².